The van der Waals surface area contributed by atoms with Gasteiger partial charge in [-0.1, -0.05) is 30.0 Å². The smallest absolute Gasteiger partial charge is 0.270 e. The molecular formula is C19H17NO4S2. The van der Waals surface area contributed by atoms with E-state index in [1.807, 2.05) is 25.1 Å². The number of amides is 1. The first-order valence-electron chi connectivity index (χ1n) is 7.91. The second-order valence-electron chi connectivity index (χ2n) is 5.38. The van der Waals surface area contributed by atoms with Crippen molar-refractivity contribution in [3.8, 4) is 17.2 Å². The number of thiocarbonyl (C=S) groups is 1. The van der Waals surface area contributed by atoms with Crippen LogP contribution in [-0.2, 0) is 4.79 Å². The number of thioether (sulfide) groups is 1. The molecule has 2 aromatic carbocycles. The molecule has 134 valence electrons. The number of phenols is 1. The van der Waals surface area contributed by atoms with E-state index >= 15 is 0 Å². The summed E-state index contributed by atoms with van der Waals surface area (Å²) in [6.07, 6.45) is 1.78. The highest BCUT2D eigenvalue weighted by Crippen LogP contribution is 2.37. The summed E-state index contributed by atoms with van der Waals surface area (Å²) in [6, 6.07) is 11.9. The lowest BCUT2D eigenvalue weighted by molar-refractivity contribution is -0.113. The van der Waals surface area contributed by atoms with Crippen LogP contribution in [0.5, 0.6) is 17.2 Å². The first-order chi connectivity index (χ1) is 12.5. The number of rotatable bonds is 5. The van der Waals surface area contributed by atoms with Gasteiger partial charge in [-0.3, -0.25) is 9.69 Å². The number of carbonyl (C=O) groups is 1. The Morgan fingerprint density at radius 3 is 2.58 bits per heavy atom. The number of phenolic OH excluding ortho intramolecular Hbond substituents is 1. The minimum atomic E-state index is -0.196. The molecule has 1 aliphatic rings. The van der Waals surface area contributed by atoms with Crippen LogP contribution in [0.2, 0.25) is 0 Å². The normalized spacial score (nSPS) is 15.6. The number of anilines is 1. The number of hydrogen-bond donors (Lipinski definition) is 1. The third-order valence-corrected chi connectivity index (χ3v) is 4.99. The summed E-state index contributed by atoms with van der Waals surface area (Å²) in [6.45, 7) is 2.45. The minimum absolute atomic E-state index is 0.135. The fraction of sp³-hybridized carbons (Fsp3) is 0.158. The van der Waals surface area contributed by atoms with E-state index in [1.54, 1.807) is 25.3 Å². The molecule has 0 atom stereocenters. The van der Waals surface area contributed by atoms with Crippen molar-refractivity contribution in [2.75, 3.05) is 18.6 Å². The van der Waals surface area contributed by atoms with Gasteiger partial charge in [0.05, 0.1) is 24.3 Å². The zero-order valence-electron chi connectivity index (χ0n) is 14.3. The highest BCUT2D eigenvalue weighted by atomic mass is 32.2. The fourth-order valence-electron chi connectivity index (χ4n) is 2.49. The predicted molar refractivity (Wildman–Crippen MR) is 108 cm³/mol. The van der Waals surface area contributed by atoms with Crippen molar-refractivity contribution < 1.29 is 19.4 Å². The zero-order chi connectivity index (χ0) is 18.7. The average molecular weight is 387 g/mol. The van der Waals surface area contributed by atoms with E-state index in [-0.39, 0.29) is 11.7 Å². The molecule has 0 radical (unpaired) electrons. The predicted octanol–water partition coefficient (Wildman–Crippen LogP) is 4.21. The van der Waals surface area contributed by atoms with Crippen molar-refractivity contribution in [3.05, 3.63) is 52.9 Å². The molecule has 0 bridgehead atoms. The maximum absolute atomic E-state index is 12.8. The standard InChI is InChI=1S/C19H17NO4S2/c1-3-24-15-9-4-12(10-16(15)23-2)11-17-18(22)20(19(25)26-17)13-5-7-14(21)8-6-13/h4-11,21H,3H2,1-2H3/b17-11+. The van der Waals surface area contributed by atoms with Gasteiger partial charge in [0, 0.05) is 0 Å². The summed E-state index contributed by atoms with van der Waals surface area (Å²) in [4.78, 5) is 14.7. The van der Waals surface area contributed by atoms with Crippen molar-refractivity contribution in [1.29, 1.82) is 0 Å². The van der Waals surface area contributed by atoms with Crippen molar-refractivity contribution in [2.24, 2.45) is 0 Å². The highest BCUT2D eigenvalue weighted by Gasteiger charge is 2.33. The van der Waals surface area contributed by atoms with Gasteiger partial charge < -0.3 is 14.6 Å². The van der Waals surface area contributed by atoms with Crippen LogP contribution in [0.4, 0.5) is 5.69 Å². The molecule has 1 fully saturated rings. The first kappa shape index (κ1) is 18.3. The third kappa shape index (κ3) is 3.68. The van der Waals surface area contributed by atoms with Crippen LogP contribution in [0.3, 0.4) is 0 Å². The van der Waals surface area contributed by atoms with Crippen molar-refractivity contribution in [3.63, 3.8) is 0 Å². The van der Waals surface area contributed by atoms with E-state index in [2.05, 4.69) is 0 Å². The van der Waals surface area contributed by atoms with Gasteiger partial charge in [0.15, 0.2) is 15.8 Å². The number of nitrogens with zero attached hydrogens (tertiary/aromatic N) is 1. The molecule has 2 aromatic rings. The average Bonchev–Trinajstić information content (AvgIpc) is 2.91. The summed E-state index contributed by atoms with van der Waals surface area (Å²) in [7, 11) is 1.58. The van der Waals surface area contributed by atoms with Gasteiger partial charge in [-0.25, -0.2) is 0 Å². The molecule has 26 heavy (non-hydrogen) atoms. The molecule has 1 aliphatic heterocycles. The van der Waals surface area contributed by atoms with Crippen LogP contribution in [0, 0.1) is 0 Å². The Morgan fingerprint density at radius 2 is 1.92 bits per heavy atom. The van der Waals surface area contributed by atoms with Crippen LogP contribution in [0.15, 0.2) is 47.4 Å². The zero-order valence-corrected chi connectivity index (χ0v) is 15.9. The number of carbonyl (C=O) groups excluding carboxylic acids is 1. The van der Waals surface area contributed by atoms with Crippen molar-refractivity contribution >= 4 is 46.0 Å². The third-order valence-electron chi connectivity index (χ3n) is 3.69. The lowest BCUT2D eigenvalue weighted by Crippen LogP contribution is -2.27. The number of aromatic hydroxyl groups is 1. The molecule has 3 rings (SSSR count). The van der Waals surface area contributed by atoms with Gasteiger partial charge >= 0.3 is 0 Å². The number of hydrogen-bond acceptors (Lipinski definition) is 6. The number of benzene rings is 2. The molecule has 1 amide bonds. The van der Waals surface area contributed by atoms with Crippen LogP contribution < -0.4 is 14.4 Å². The van der Waals surface area contributed by atoms with E-state index in [9.17, 15) is 9.90 Å². The molecule has 1 N–H and O–H groups in total. The summed E-state index contributed by atoms with van der Waals surface area (Å²) in [5, 5.41) is 9.41. The molecular weight excluding hydrogens is 370 g/mol. The second-order valence-corrected chi connectivity index (χ2v) is 7.05. The van der Waals surface area contributed by atoms with E-state index in [4.69, 9.17) is 21.7 Å². The number of methoxy groups -OCH3 is 1. The van der Waals surface area contributed by atoms with Gasteiger partial charge in [0.2, 0.25) is 0 Å². The summed E-state index contributed by atoms with van der Waals surface area (Å²) >= 11 is 6.59. The summed E-state index contributed by atoms with van der Waals surface area (Å²) in [5.41, 5.74) is 1.44. The molecule has 0 aliphatic carbocycles. The summed E-state index contributed by atoms with van der Waals surface area (Å²) < 4.78 is 11.3. The SMILES string of the molecule is CCOc1ccc(/C=C2/SC(=S)N(c3ccc(O)cc3)C2=O)cc1OC. The Bertz CT molecular complexity index is 878. The molecule has 0 saturated carbocycles. The van der Waals surface area contributed by atoms with Crippen molar-refractivity contribution in [1.82, 2.24) is 0 Å². The number of ether oxygens (including phenoxy) is 2. The Morgan fingerprint density at radius 1 is 1.19 bits per heavy atom. The quantitative estimate of drug-likeness (QED) is 0.613. The molecule has 0 unspecified atom stereocenters. The van der Waals surface area contributed by atoms with Gasteiger partial charge in [-0.2, -0.15) is 0 Å². The lowest BCUT2D eigenvalue weighted by Gasteiger charge is -2.14. The van der Waals surface area contributed by atoms with Gasteiger partial charge in [0.1, 0.15) is 5.75 Å². The first-order valence-corrected chi connectivity index (χ1v) is 9.13. The topological polar surface area (TPSA) is 59.0 Å². The second kappa shape index (κ2) is 7.80. The maximum Gasteiger partial charge on any atom is 0.270 e. The Kier molecular flexibility index (Phi) is 5.49. The van der Waals surface area contributed by atoms with Crippen LogP contribution >= 0.6 is 24.0 Å². The van der Waals surface area contributed by atoms with Gasteiger partial charge in [-0.05, 0) is 55.0 Å². The molecule has 5 nitrogen and oxygen atoms in total. The molecule has 1 heterocycles. The van der Waals surface area contributed by atoms with Crippen LogP contribution in [-0.4, -0.2) is 29.1 Å². The fourth-order valence-corrected chi connectivity index (χ4v) is 3.79. The molecule has 0 spiro atoms. The largest absolute Gasteiger partial charge is 0.508 e. The van der Waals surface area contributed by atoms with E-state index in [0.717, 1.165) is 5.56 Å². The van der Waals surface area contributed by atoms with E-state index in [1.165, 1.54) is 28.8 Å². The highest BCUT2D eigenvalue weighted by molar-refractivity contribution is 8.27. The van der Waals surface area contributed by atoms with Crippen molar-refractivity contribution in [2.45, 2.75) is 6.92 Å². The Balaban J connectivity index is 1.89. The minimum Gasteiger partial charge on any atom is -0.508 e. The molecule has 0 aromatic heterocycles. The van der Waals surface area contributed by atoms with Crippen LogP contribution in [0.25, 0.3) is 6.08 Å². The molecule has 7 heteroatoms. The maximum atomic E-state index is 12.8. The monoisotopic (exact) mass is 387 g/mol. The van der Waals surface area contributed by atoms with E-state index < -0.39 is 0 Å². The van der Waals surface area contributed by atoms with Gasteiger partial charge in [-0.15, -0.1) is 0 Å². The lowest BCUT2D eigenvalue weighted by atomic mass is 10.2. The van der Waals surface area contributed by atoms with E-state index in [0.29, 0.717) is 33.0 Å². The summed E-state index contributed by atoms with van der Waals surface area (Å²) in [5.74, 6) is 1.20. The molecule has 1 saturated heterocycles. The Labute approximate surface area is 161 Å². The Hall–Kier alpha value is -2.51. The van der Waals surface area contributed by atoms with Gasteiger partial charge in [0.25, 0.3) is 5.91 Å². The van der Waals surface area contributed by atoms with Crippen LogP contribution in [0.1, 0.15) is 12.5 Å².